The second-order valence-corrected chi connectivity index (χ2v) is 4.40. The Morgan fingerprint density at radius 3 is 2.74 bits per heavy atom. The van der Waals surface area contributed by atoms with Crippen molar-refractivity contribution in [3.8, 4) is 0 Å². The molecule has 3 rings (SSSR count). The molecule has 4 nitrogen and oxygen atoms in total. The van der Waals surface area contributed by atoms with Crippen LogP contribution in [0.25, 0.3) is 11.0 Å². The van der Waals surface area contributed by atoms with Crippen LogP contribution in [0.15, 0.2) is 48.9 Å². The molecule has 4 heteroatoms. The van der Waals surface area contributed by atoms with Crippen molar-refractivity contribution < 1.29 is 0 Å². The van der Waals surface area contributed by atoms with Crippen LogP contribution in [0.4, 0.5) is 5.82 Å². The standard InChI is InChI=1S/C15H14N4/c1-11-6-7-16-8-12(11)9-18-15-10-17-13-4-2-3-5-14(13)19-15/h2-8,10H,9H2,1H3,(H,18,19). The van der Waals surface area contributed by atoms with Gasteiger partial charge in [0.25, 0.3) is 0 Å². The highest BCUT2D eigenvalue weighted by molar-refractivity contribution is 5.75. The van der Waals surface area contributed by atoms with Gasteiger partial charge in [0.1, 0.15) is 5.82 Å². The van der Waals surface area contributed by atoms with Gasteiger partial charge >= 0.3 is 0 Å². The molecule has 1 N–H and O–H groups in total. The summed E-state index contributed by atoms with van der Waals surface area (Å²) in [4.78, 5) is 13.0. The smallest absolute Gasteiger partial charge is 0.145 e. The molecule has 0 fully saturated rings. The van der Waals surface area contributed by atoms with Gasteiger partial charge in [-0.05, 0) is 36.2 Å². The summed E-state index contributed by atoms with van der Waals surface area (Å²) in [5.41, 5.74) is 4.19. The van der Waals surface area contributed by atoms with Crippen LogP contribution in [0.2, 0.25) is 0 Å². The van der Waals surface area contributed by atoms with Gasteiger partial charge in [0.15, 0.2) is 0 Å². The number of hydrogen-bond acceptors (Lipinski definition) is 4. The monoisotopic (exact) mass is 250 g/mol. The summed E-state index contributed by atoms with van der Waals surface area (Å²) in [6, 6.07) is 9.85. The fourth-order valence-corrected chi connectivity index (χ4v) is 1.91. The van der Waals surface area contributed by atoms with E-state index in [1.165, 1.54) is 5.56 Å². The van der Waals surface area contributed by atoms with Gasteiger partial charge in [-0.25, -0.2) is 4.98 Å². The minimum absolute atomic E-state index is 0.701. The number of anilines is 1. The molecule has 0 bridgehead atoms. The molecule has 0 saturated heterocycles. The molecule has 94 valence electrons. The molecule has 1 aromatic carbocycles. The maximum Gasteiger partial charge on any atom is 0.145 e. The van der Waals surface area contributed by atoms with Crippen LogP contribution in [0.5, 0.6) is 0 Å². The molecule has 0 atom stereocenters. The second-order valence-electron chi connectivity index (χ2n) is 4.40. The van der Waals surface area contributed by atoms with E-state index in [4.69, 9.17) is 0 Å². The fraction of sp³-hybridized carbons (Fsp3) is 0.133. The Hall–Kier alpha value is -2.49. The zero-order valence-electron chi connectivity index (χ0n) is 10.7. The fourth-order valence-electron chi connectivity index (χ4n) is 1.91. The van der Waals surface area contributed by atoms with Crippen molar-refractivity contribution in [2.45, 2.75) is 13.5 Å². The number of hydrogen-bond donors (Lipinski definition) is 1. The molecule has 0 saturated carbocycles. The lowest BCUT2D eigenvalue weighted by molar-refractivity contribution is 1.06. The highest BCUT2D eigenvalue weighted by atomic mass is 15.0. The maximum atomic E-state index is 4.53. The second kappa shape index (κ2) is 5.02. The first-order valence-electron chi connectivity index (χ1n) is 6.18. The quantitative estimate of drug-likeness (QED) is 0.776. The van der Waals surface area contributed by atoms with Crippen molar-refractivity contribution in [1.29, 1.82) is 0 Å². The summed E-state index contributed by atoms with van der Waals surface area (Å²) in [6.45, 7) is 2.78. The van der Waals surface area contributed by atoms with E-state index in [2.05, 4.69) is 27.2 Å². The van der Waals surface area contributed by atoms with Gasteiger partial charge < -0.3 is 5.32 Å². The van der Waals surface area contributed by atoms with E-state index in [9.17, 15) is 0 Å². The average Bonchev–Trinajstić information content (AvgIpc) is 2.46. The molecule has 2 heterocycles. The highest BCUT2D eigenvalue weighted by Crippen LogP contribution is 2.13. The molecule has 0 aliphatic heterocycles. The Kier molecular flexibility index (Phi) is 3.06. The van der Waals surface area contributed by atoms with Crippen molar-refractivity contribution in [1.82, 2.24) is 15.0 Å². The first-order valence-corrected chi connectivity index (χ1v) is 6.18. The third-order valence-corrected chi connectivity index (χ3v) is 3.06. The Labute approximate surface area is 111 Å². The van der Waals surface area contributed by atoms with Crippen LogP contribution < -0.4 is 5.32 Å². The van der Waals surface area contributed by atoms with E-state index >= 15 is 0 Å². The van der Waals surface area contributed by atoms with E-state index in [0.717, 1.165) is 22.4 Å². The lowest BCUT2D eigenvalue weighted by Crippen LogP contribution is -2.04. The van der Waals surface area contributed by atoms with Crippen LogP contribution >= 0.6 is 0 Å². The number of pyridine rings is 1. The Bertz CT molecular complexity index is 709. The third-order valence-electron chi connectivity index (χ3n) is 3.06. The topological polar surface area (TPSA) is 50.7 Å². The normalized spacial score (nSPS) is 10.6. The number of benzene rings is 1. The molecule has 0 aliphatic rings. The SMILES string of the molecule is Cc1ccncc1CNc1cnc2ccccc2n1. The summed E-state index contributed by atoms with van der Waals surface area (Å²) in [5, 5.41) is 3.28. The van der Waals surface area contributed by atoms with Crippen LogP contribution in [-0.2, 0) is 6.54 Å². The summed E-state index contributed by atoms with van der Waals surface area (Å²) in [6.07, 6.45) is 5.43. The van der Waals surface area contributed by atoms with Gasteiger partial charge in [-0.1, -0.05) is 12.1 Å². The van der Waals surface area contributed by atoms with Crippen molar-refractivity contribution in [3.63, 3.8) is 0 Å². The van der Waals surface area contributed by atoms with Gasteiger partial charge in [0.05, 0.1) is 17.2 Å². The lowest BCUT2D eigenvalue weighted by Gasteiger charge is -2.08. The van der Waals surface area contributed by atoms with Crippen molar-refractivity contribution in [2.24, 2.45) is 0 Å². The van der Waals surface area contributed by atoms with Crippen molar-refractivity contribution in [3.05, 3.63) is 60.0 Å². The number of fused-ring (bicyclic) bond motifs is 1. The molecule has 0 radical (unpaired) electrons. The molecule has 0 amide bonds. The highest BCUT2D eigenvalue weighted by Gasteiger charge is 2.01. The van der Waals surface area contributed by atoms with E-state index < -0.39 is 0 Å². The van der Waals surface area contributed by atoms with E-state index in [1.54, 1.807) is 12.4 Å². The molecular formula is C15H14N4. The summed E-state index contributed by atoms with van der Waals surface area (Å²) < 4.78 is 0. The van der Waals surface area contributed by atoms with Crippen LogP contribution in [0.1, 0.15) is 11.1 Å². The molecule has 0 unspecified atom stereocenters. The molecule has 3 aromatic rings. The Balaban J connectivity index is 1.80. The largest absolute Gasteiger partial charge is 0.365 e. The molecule has 19 heavy (non-hydrogen) atoms. The first kappa shape index (κ1) is 11.6. The predicted molar refractivity (Wildman–Crippen MR) is 75.8 cm³/mol. The van der Waals surface area contributed by atoms with Gasteiger partial charge in [0, 0.05) is 18.9 Å². The summed E-state index contributed by atoms with van der Waals surface area (Å²) >= 11 is 0. The Morgan fingerprint density at radius 1 is 1.05 bits per heavy atom. The molecule has 2 aromatic heterocycles. The summed E-state index contributed by atoms with van der Waals surface area (Å²) in [7, 11) is 0. The minimum Gasteiger partial charge on any atom is -0.365 e. The van der Waals surface area contributed by atoms with Crippen LogP contribution in [-0.4, -0.2) is 15.0 Å². The van der Waals surface area contributed by atoms with Crippen LogP contribution in [0, 0.1) is 6.92 Å². The van der Waals surface area contributed by atoms with E-state index in [1.807, 2.05) is 36.5 Å². The zero-order valence-corrected chi connectivity index (χ0v) is 10.7. The van der Waals surface area contributed by atoms with Crippen molar-refractivity contribution in [2.75, 3.05) is 5.32 Å². The van der Waals surface area contributed by atoms with Gasteiger partial charge in [-0.3, -0.25) is 9.97 Å². The number of aryl methyl sites for hydroxylation is 1. The van der Waals surface area contributed by atoms with Gasteiger partial charge in [-0.2, -0.15) is 0 Å². The average molecular weight is 250 g/mol. The third kappa shape index (κ3) is 2.52. The zero-order chi connectivity index (χ0) is 13.1. The van der Waals surface area contributed by atoms with Crippen molar-refractivity contribution >= 4 is 16.9 Å². The van der Waals surface area contributed by atoms with E-state index in [-0.39, 0.29) is 0 Å². The minimum atomic E-state index is 0.701. The van der Waals surface area contributed by atoms with Crippen LogP contribution in [0.3, 0.4) is 0 Å². The van der Waals surface area contributed by atoms with Gasteiger partial charge in [0.2, 0.25) is 0 Å². The first-order chi connectivity index (χ1) is 9.33. The van der Waals surface area contributed by atoms with Gasteiger partial charge in [-0.15, -0.1) is 0 Å². The predicted octanol–water partition coefficient (Wildman–Crippen LogP) is 2.95. The molecule has 0 aliphatic carbocycles. The molecular weight excluding hydrogens is 236 g/mol. The lowest BCUT2D eigenvalue weighted by atomic mass is 10.1. The molecule has 0 spiro atoms. The maximum absolute atomic E-state index is 4.53. The Morgan fingerprint density at radius 2 is 1.89 bits per heavy atom. The number of nitrogens with zero attached hydrogens (tertiary/aromatic N) is 3. The number of para-hydroxylation sites is 2. The van der Waals surface area contributed by atoms with E-state index in [0.29, 0.717) is 6.54 Å². The number of rotatable bonds is 3. The summed E-state index contributed by atoms with van der Waals surface area (Å²) in [5.74, 6) is 0.780. The number of aromatic nitrogens is 3. The number of nitrogens with one attached hydrogen (secondary N) is 1.